The van der Waals surface area contributed by atoms with Gasteiger partial charge in [-0.15, -0.1) is 0 Å². The number of aliphatic hydroxyl groups excluding tert-OH is 1. The van der Waals surface area contributed by atoms with E-state index in [2.05, 4.69) is 34.6 Å². The number of ether oxygens (including phenoxy) is 4. The maximum Gasteiger partial charge on any atom is 0.472 e. The Balaban J connectivity index is 5.10. The van der Waals surface area contributed by atoms with Gasteiger partial charge in [-0.3, -0.25) is 37.3 Å². The summed E-state index contributed by atoms with van der Waals surface area (Å²) in [5.41, 5.74) is 0. The van der Waals surface area contributed by atoms with Gasteiger partial charge < -0.3 is 33.8 Å². The molecule has 0 aliphatic heterocycles. The van der Waals surface area contributed by atoms with Crippen molar-refractivity contribution in [3.63, 3.8) is 0 Å². The number of rotatable bonds is 78. The van der Waals surface area contributed by atoms with E-state index in [-0.39, 0.29) is 25.7 Å². The molecule has 2 unspecified atom stereocenters. The number of esters is 4. The van der Waals surface area contributed by atoms with Crippen LogP contribution in [0.3, 0.4) is 0 Å². The minimum Gasteiger partial charge on any atom is -0.462 e. The minimum atomic E-state index is -4.96. The molecule has 0 aromatic carbocycles. The third-order valence-corrected chi connectivity index (χ3v) is 20.2. The lowest BCUT2D eigenvalue weighted by Gasteiger charge is -2.21. The van der Waals surface area contributed by atoms with Gasteiger partial charge in [0.15, 0.2) is 12.2 Å². The summed E-state index contributed by atoms with van der Waals surface area (Å²) < 4.78 is 68.3. The normalized spacial score (nSPS) is 13.9. The highest BCUT2D eigenvalue weighted by Crippen LogP contribution is 2.45. The second-order valence-electron chi connectivity index (χ2n) is 28.6. The van der Waals surface area contributed by atoms with Crippen molar-refractivity contribution in [1.82, 2.24) is 0 Å². The van der Waals surface area contributed by atoms with Crippen LogP contribution in [-0.2, 0) is 65.4 Å². The molecule has 0 aliphatic carbocycles. The van der Waals surface area contributed by atoms with Crippen molar-refractivity contribution in [2.24, 2.45) is 5.92 Å². The molecule has 0 heterocycles. The van der Waals surface area contributed by atoms with Crippen molar-refractivity contribution in [2.45, 2.75) is 432 Å². The molecule has 0 rings (SSSR count). The van der Waals surface area contributed by atoms with Crippen LogP contribution in [0.2, 0.25) is 0 Å². The Labute approximate surface area is 594 Å². The van der Waals surface area contributed by atoms with Gasteiger partial charge in [-0.05, 0) is 31.6 Å². The molecule has 97 heavy (non-hydrogen) atoms. The van der Waals surface area contributed by atoms with Gasteiger partial charge in [-0.1, -0.05) is 362 Å². The Morgan fingerprint density at radius 3 is 0.701 bits per heavy atom. The topological polar surface area (TPSA) is 237 Å². The number of unbranched alkanes of at least 4 members (excludes halogenated alkanes) is 50. The summed E-state index contributed by atoms with van der Waals surface area (Å²) in [5.74, 6) is -1.30. The fourth-order valence-electron chi connectivity index (χ4n) is 12.1. The van der Waals surface area contributed by atoms with Gasteiger partial charge in [0, 0.05) is 25.7 Å². The number of aliphatic hydroxyl groups is 1. The highest BCUT2D eigenvalue weighted by molar-refractivity contribution is 7.47. The highest BCUT2D eigenvalue weighted by Gasteiger charge is 2.30. The molecule has 5 atom stereocenters. The van der Waals surface area contributed by atoms with E-state index in [4.69, 9.17) is 37.0 Å². The number of phosphoric ester groups is 2. The zero-order chi connectivity index (χ0) is 71.2. The van der Waals surface area contributed by atoms with E-state index in [0.29, 0.717) is 25.7 Å². The third-order valence-electron chi connectivity index (χ3n) is 18.3. The Morgan fingerprint density at radius 2 is 0.474 bits per heavy atom. The summed E-state index contributed by atoms with van der Waals surface area (Å²) in [4.78, 5) is 72.6. The number of carbonyl (C=O) groups excluding carboxylic acids is 4. The lowest BCUT2D eigenvalue weighted by Crippen LogP contribution is -2.30. The Bertz CT molecular complexity index is 1860. The average Bonchev–Trinajstić information content (AvgIpc) is 0.988. The van der Waals surface area contributed by atoms with Gasteiger partial charge in [0.1, 0.15) is 19.3 Å². The quantitative estimate of drug-likeness (QED) is 0.0222. The van der Waals surface area contributed by atoms with Crippen LogP contribution >= 0.6 is 15.6 Å². The standard InChI is InChI=1S/C78H152O17P2/c1-6-9-12-15-18-20-21-22-23-24-25-26-27-31-34-37-40-43-48-52-57-62-76(81)89-68-74(95-78(83)64-59-54-49-44-41-38-35-32-29-28-30-33-36-39-42-46-50-55-60-71(4)5)70-93-97(86,87)91-66-72(79)65-90-96(84,85)92-69-73(67-88-75(80)61-56-51-45-17-14-11-8-3)94-77(82)63-58-53-47-19-16-13-10-7-2/h71-74,79H,6-70H2,1-5H3,(H,84,85)(H,86,87)/t72-,73+,74+/m0/s1. The van der Waals surface area contributed by atoms with Crippen LogP contribution in [0.1, 0.15) is 413 Å². The van der Waals surface area contributed by atoms with Crippen LogP contribution in [0.15, 0.2) is 0 Å². The number of phosphoric acid groups is 2. The Morgan fingerprint density at radius 1 is 0.278 bits per heavy atom. The van der Waals surface area contributed by atoms with Crippen molar-refractivity contribution in [1.29, 1.82) is 0 Å². The van der Waals surface area contributed by atoms with Gasteiger partial charge in [0.25, 0.3) is 0 Å². The fraction of sp³-hybridized carbons (Fsp3) is 0.949. The molecule has 3 N–H and O–H groups in total. The van der Waals surface area contributed by atoms with Crippen LogP contribution in [0.25, 0.3) is 0 Å². The van der Waals surface area contributed by atoms with Crippen molar-refractivity contribution in [3.8, 4) is 0 Å². The first-order valence-corrected chi connectivity index (χ1v) is 43.6. The van der Waals surface area contributed by atoms with E-state index in [0.717, 1.165) is 115 Å². The molecule has 0 fully saturated rings. The van der Waals surface area contributed by atoms with E-state index in [9.17, 15) is 43.2 Å². The summed E-state index contributed by atoms with van der Waals surface area (Å²) in [6.07, 6.45) is 61.6. The maximum absolute atomic E-state index is 13.1. The second kappa shape index (κ2) is 71.1. The lowest BCUT2D eigenvalue weighted by atomic mass is 10.0. The van der Waals surface area contributed by atoms with Crippen molar-refractivity contribution < 1.29 is 80.2 Å². The van der Waals surface area contributed by atoms with Crippen LogP contribution in [0, 0.1) is 5.92 Å². The number of carbonyl (C=O) groups is 4. The monoisotopic (exact) mass is 1420 g/mol. The molecule has 0 aromatic rings. The summed E-state index contributed by atoms with van der Waals surface area (Å²) in [6.45, 7) is 7.26. The smallest absolute Gasteiger partial charge is 0.462 e. The van der Waals surface area contributed by atoms with Crippen molar-refractivity contribution >= 4 is 39.5 Å². The van der Waals surface area contributed by atoms with Crippen molar-refractivity contribution in [3.05, 3.63) is 0 Å². The molecule has 0 saturated carbocycles. The van der Waals surface area contributed by atoms with Gasteiger partial charge in [-0.25, -0.2) is 9.13 Å². The van der Waals surface area contributed by atoms with E-state index in [1.165, 1.54) is 218 Å². The summed E-state index contributed by atoms with van der Waals surface area (Å²) >= 11 is 0. The molecule has 0 aromatic heterocycles. The predicted molar refractivity (Wildman–Crippen MR) is 395 cm³/mol. The second-order valence-corrected chi connectivity index (χ2v) is 31.5. The Kier molecular flexibility index (Phi) is 69.6. The SMILES string of the molecule is CCCCCCCCCCCCCCCCCCCCCCCC(=O)OC[C@H](COP(=O)(O)OC[C@@H](O)COP(=O)(O)OC[C@@H](COC(=O)CCCCCCCCC)OC(=O)CCCCCCCCCC)OC(=O)CCCCCCCCCCCCCCCCCCCCC(C)C. The van der Waals surface area contributed by atoms with Gasteiger partial charge in [0.2, 0.25) is 0 Å². The van der Waals surface area contributed by atoms with Gasteiger partial charge in [-0.2, -0.15) is 0 Å². The molecule has 0 spiro atoms. The highest BCUT2D eigenvalue weighted by atomic mass is 31.2. The zero-order valence-corrected chi connectivity index (χ0v) is 65.0. The molecular formula is C78H152O17P2. The molecule has 0 saturated heterocycles. The first-order valence-electron chi connectivity index (χ1n) is 40.6. The Hall–Kier alpha value is -1.94. The molecule has 576 valence electrons. The van der Waals surface area contributed by atoms with E-state index in [1.54, 1.807) is 0 Å². The van der Waals surface area contributed by atoms with Gasteiger partial charge in [0.05, 0.1) is 26.4 Å². The summed E-state index contributed by atoms with van der Waals surface area (Å²) in [7, 11) is -9.90. The first kappa shape index (κ1) is 95.1. The zero-order valence-electron chi connectivity index (χ0n) is 63.2. The minimum absolute atomic E-state index is 0.105. The molecule has 0 aliphatic rings. The van der Waals surface area contributed by atoms with E-state index in [1.807, 2.05) is 0 Å². The third kappa shape index (κ3) is 72.2. The van der Waals surface area contributed by atoms with E-state index >= 15 is 0 Å². The summed E-state index contributed by atoms with van der Waals surface area (Å²) in [5, 5.41) is 10.6. The summed E-state index contributed by atoms with van der Waals surface area (Å²) in [6, 6.07) is 0. The number of hydrogen-bond donors (Lipinski definition) is 3. The van der Waals surface area contributed by atoms with Crippen LogP contribution in [0.4, 0.5) is 0 Å². The molecule has 0 amide bonds. The molecule has 19 heteroatoms. The lowest BCUT2D eigenvalue weighted by molar-refractivity contribution is -0.161. The van der Waals surface area contributed by atoms with Crippen LogP contribution < -0.4 is 0 Å². The fourth-order valence-corrected chi connectivity index (χ4v) is 13.6. The maximum atomic E-state index is 13.1. The largest absolute Gasteiger partial charge is 0.472 e. The predicted octanol–water partition coefficient (Wildman–Crippen LogP) is 23.3. The van der Waals surface area contributed by atoms with Crippen LogP contribution in [-0.4, -0.2) is 96.7 Å². The molecule has 0 bridgehead atoms. The van der Waals surface area contributed by atoms with Crippen molar-refractivity contribution in [2.75, 3.05) is 39.6 Å². The van der Waals surface area contributed by atoms with Gasteiger partial charge >= 0.3 is 39.5 Å². The van der Waals surface area contributed by atoms with E-state index < -0.39 is 97.5 Å². The average molecular weight is 1420 g/mol. The first-order chi connectivity index (χ1) is 47.0. The molecule has 17 nitrogen and oxygen atoms in total. The molecule has 0 radical (unpaired) electrons. The molecular weight excluding hydrogens is 1270 g/mol. The van der Waals surface area contributed by atoms with Crippen LogP contribution in [0.5, 0.6) is 0 Å². The number of hydrogen-bond acceptors (Lipinski definition) is 15.